The van der Waals surface area contributed by atoms with Crippen LogP contribution in [-0.4, -0.2) is 52.6 Å². The maximum atomic E-state index is 11.7. The molecule has 1 fully saturated rings. The zero-order valence-electron chi connectivity index (χ0n) is 16.9. The fourth-order valence-electron chi connectivity index (χ4n) is 3.10. The van der Waals surface area contributed by atoms with Gasteiger partial charge in [0.1, 0.15) is 6.10 Å². The molecular formula is C19H37O7P. The summed E-state index contributed by atoms with van der Waals surface area (Å²) in [5.74, 6) is -0.0677. The van der Waals surface area contributed by atoms with Crippen molar-refractivity contribution < 1.29 is 33.7 Å². The van der Waals surface area contributed by atoms with Crippen molar-refractivity contribution in [3.8, 4) is 0 Å². The van der Waals surface area contributed by atoms with Gasteiger partial charge in [0.05, 0.1) is 25.4 Å². The van der Waals surface area contributed by atoms with E-state index in [0.717, 1.165) is 19.3 Å². The lowest BCUT2D eigenvalue weighted by Gasteiger charge is -2.35. The molecule has 7 nitrogen and oxygen atoms in total. The second-order valence-electron chi connectivity index (χ2n) is 7.76. The lowest BCUT2D eigenvalue weighted by molar-refractivity contribution is -0.145. The van der Waals surface area contributed by atoms with Gasteiger partial charge < -0.3 is 28.9 Å². The first-order valence-electron chi connectivity index (χ1n) is 10.1. The Labute approximate surface area is 164 Å². The van der Waals surface area contributed by atoms with E-state index in [4.69, 9.17) is 13.8 Å². The molecule has 27 heavy (non-hydrogen) atoms. The van der Waals surface area contributed by atoms with Crippen LogP contribution in [0.3, 0.4) is 0 Å². The van der Waals surface area contributed by atoms with E-state index in [9.17, 15) is 19.9 Å². The fourth-order valence-corrected chi connectivity index (χ4v) is 3.99. The van der Waals surface area contributed by atoms with E-state index >= 15 is 0 Å². The van der Waals surface area contributed by atoms with Crippen molar-refractivity contribution in [2.75, 3.05) is 13.2 Å². The number of carbonyl (C=O) groups is 1. The second-order valence-corrected chi connectivity index (χ2v) is 8.71. The Morgan fingerprint density at radius 3 is 2.56 bits per heavy atom. The number of hydrogen-bond donors (Lipinski definition) is 3. The normalized spacial score (nSPS) is 27.9. The van der Waals surface area contributed by atoms with Gasteiger partial charge in [0.25, 0.3) is 0 Å². The third kappa shape index (κ3) is 10.7. The Morgan fingerprint density at radius 1 is 1.15 bits per heavy atom. The summed E-state index contributed by atoms with van der Waals surface area (Å²) >= 11 is 0. The van der Waals surface area contributed by atoms with Crippen molar-refractivity contribution in [1.29, 1.82) is 0 Å². The Kier molecular flexibility index (Phi) is 12.6. The Morgan fingerprint density at radius 2 is 1.85 bits per heavy atom. The van der Waals surface area contributed by atoms with Crippen LogP contribution < -0.4 is 0 Å². The van der Waals surface area contributed by atoms with Crippen LogP contribution in [0, 0.1) is 11.8 Å². The van der Waals surface area contributed by atoms with Gasteiger partial charge in [0, 0.05) is 12.3 Å². The lowest BCUT2D eigenvalue weighted by Crippen LogP contribution is -2.44. The molecule has 6 atom stereocenters. The molecule has 1 aliphatic rings. The summed E-state index contributed by atoms with van der Waals surface area (Å²) in [4.78, 5) is 21.6. The molecule has 0 aromatic carbocycles. The molecule has 1 aliphatic carbocycles. The molecule has 0 bridgehead atoms. The van der Waals surface area contributed by atoms with Gasteiger partial charge in [-0.25, -0.2) is 0 Å². The van der Waals surface area contributed by atoms with Gasteiger partial charge in [0.15, 0.2) is 0 Å². The molecule has 0 radical (unpaired) electrons. The van der Waals surface area contributed by atoms with Crippen molar-refractivity contribution in [3.05, 3.63) is 0 Å². The monoisotopic (exact) mass is 408 g/mol. The first-order valence-corrected chi connectivity index (χ1v) is 11.3. The molecule has 0 amide bonds. The standard InChI is InChI=1S/C19H37O7P/c1-4-5-6-7-8-9-18(21)24-12-15(3)13-25-27(23)26-17-11-14(2)10-16(20)19(17)22/h14-17,19-20,22-23H,4-13H2,1-3H3. The van der Waals surface area contributed by atoms with Gasteiger partial charge in [-0.3, -0.25) is 4.79 Å². The third-order valence-electron chi connectivity index (χ3n) is 4.76. The maximum absolute atomic E-state index is 11.7. The molecule has 1 saturated carbocycles. The number of carbonyl (C=O) groups excluding carboxylic acids is 1. The predicted molar refractivity (Wildman–Crippen MR) is 104 cm³/mol. The Hall–Kier alpha value is -0.300. The van der Waals surface area contributed by atoms with E-state index in [1.165, 1.54) is 12.8 Å². The molecule has 0 heterocycles. The number of aliphatic hydroxyl groups is 2. The molecule has 6 unspecified atom stereocenters. The van der Waals surface area contributed by atoms with Gasteiger partial charge in [-0.1, -0.05) is 46.5 Å². The van der Waals surface area contributed by atoms with Crippen molar-refractivity contribution >= 4 is 14.6 Å². The predicted octanol–water partition coefficient (Wildman–Crippen LogP) is 3.30. The summed E-state index contributed by atoms with van der Waals surface area (Å²) in [6.45, 7) is 6.40. The largest absolute Gasteiger partial charge is 0.465 e. The number of hydrogen-bond acceptors (Lipinski definition) is 7. The first kappa shape index (κ1) is 24.7. The molecule has 0 aliphatic heterocycles. The van der Waals surface area contributed by atoms with Crippen LogP contribution in [0.4, 0.5) is 0 Å². The van der Waals surface area contributed by atoms with E-state index in [1.807, 2.05) is 13.8 Å². The zero-order valence-corrected chi connectivity index (χ0v) is 17.8. The van der Waals surface area contributed by atoms with Gasteiger partial charge in [-0.15, -0.1) is 0 Å². The smallest absolute Gasteiger partial charge is 0.330 e. The number of esters is 1. The first-order chi connectivity index (χ1) is 12.8. The topological polar surface area (TPSA) is 105 Å². The van der Waals surface area contributed by atoms with Crippen LogP contribution in [0.25, 0.3) is 0 Å². The number of ether oxygens (including phenoxy) is 1. The highest BCUT2D eigenvalue weighted by Crippen LogP contribution is 2.40. The number of unbranched alkanes of at least 4 members (excludes halogenated alkanes) is 4. The van der Waals surface area contributed by atoms with Gasteiger partial charge in [0.2, 0.25) is 0 Å². The van der Waals surface area contributed by atoms with E-state index in [0.29, 0.717) is 19.3 Å². The van der Waals surface area contributed by atoms with Crippen LogP contribution >= 0.6 is 8.60 Å². The van der Waals surface area contributed by atoms with E-state index in [1.54, 1.807) is 0 Å². The minimum Gasteiger partial charge on any atom is -0.465 e. The van der Waals surface area contributed by atoms with Gasteiger partial charge in [-0.05, 0) is 25.2 Å². The summed E-state index contributed by atoms with van der Waals surface area (Å²) in [6.07, 6.45) is 4.46. The number of aliphatic hydroxyl groups excluding tert-OH is 2. The molecule has 0 saturated heterocycles. The molecule has 160 valence electrons. The Bertz CT molecular complexity index is 410. The van der Waals surface area contributed by atoms with Gasteiger partial charge >= 0.3 is 14.6 Å². The molecule has 0 aromatic rings. The quantitative estimate of drug-likeness (QED) is 0.244. The van der Waals surface area contributed by atoms with Crippen molar-refractivity contribution in [2.24, 2.45) is 11.8 Å². The molecule has 1 rings (SSSR count). The summed E-state index contributed by atoms with van der Waals surface area (Å²) in [6, 6.07) is 0. The van der Waals surface area contributed by atoms with Crippen molar-refractivity contribution in [1.82, 2.24) is 0 Å². The fraction of sp³-hybridized carbons (Fsp3) is 0.947. The summed E-state index contributed by atoms with van der Waals surface area (Å²) < 4.78 is 15.9. The highest BCUT2D eigenvalue weighted by atomic mass is 31.2. The SMILES string of the molecule is CCCCCCCC(=O)OCC(C)COP(O)OC1CC(C)CC(O)C1O. The van der Waals surface area contributed by atoms with Crippen LogP contribution in [0.5, 0.6) is 0 Å². The van der Waals surface area contributed by atoms with E-state index < -0.39 is 26.9 Å². The Balaban J connectivity index is 2.14. The van der Waals surface area contributed by atoms with Crippen molar-refractivity contribution in [2.45, 2.75) is 90.4 Å². The highest BCUT2D eigenvalue weighted by molar-refractivity contribution is 7.40. The molecule has 8 heteroatoms. The van der Waals surface area contributed by atoms with Crippen molar-refractivity contribution in [3.63, 3.8) is 0 Å². The van der Waals surface area contributed by atoms with E-state index in [2.05, 4.69) is 6.92 Å². The molecule has 0 aromatic heterocycles. The minimum atomic E-state index is -2.15. The third-order valence-corrected chi connectivity index (χ3v) is 5.58. The lowest BCUT2D eigenvalue weighted by atomic mass is 9.85. The molecule has 3 N–H and O–H groups in total. The molecule has 0 spiro atoms. The summed E-state index contributed by atoms with van der Waals surface area (Å²) in [7, 11) is -2.15. The zero-order chi connectivity index (χ0) is 20.2. The van der Waals surface area contributed by atoms with Gasteiger partial charge in [-0.2, -0.15) is 0 Å². The molecular weight excluding hydrogens is 371 g/mol. The van der Waals surface area contributed by atoms with Crippen LogP contribution in [-0.2, 0) is 18.6 Å². The minimum absolute atomic E-state index is 0.0735. The van der Waals surface area contributed by atoms with Crippen LogP contribution in [0.15, 0.2) is 0 Å². The maximum Gasteiger partial charge on any atom is 0.330 e. The summed E-state index contributed by atoms with van der Waals surface area (Å²) in [5, 5.41) is 19.7. The van der Waals surface area contributed by atoms with Crippen LogP contribution in [0.1, 0.15) is 72.1 Å². The summed E-state index contributed by atoms with van der Waals surface area (Å²) in [5.41, 5.74) is 0. The van der Waals surface area contributed by atoms with Crippen LogP contribution in [0.2, 0.25) is 0 Å². The average Bonchev–Trinajstić information content (AvgIpc) is 2.62. The number of rotatable bonds is 13. The van der Waals surface area contributed by atoms with E-state index in [-0.39, 0.29) is 31.0 Å². The average molecular weight is 408 g/mol. The highest BCUT2D eigenvalue weighted by Gasteiger charge is 2.36. The second kappa shape index (κ2) is 13.8.